The minimum atomic E-state index is -0.0346. The molecule has 2 aromatic heterocycles. The molecule has 3 N–H and O–H groups in total. The van der Waals surface area contributed by atoms with Crippen LogP contribution in [0.1, 0.15) is 28.1 Å². The summed E-state index contributed by atoms with van der Waals surface area (Å²) < 4.78 is 0.761. The predicted octanol–water partition coefficient (Wildman–Crippen LogP) is 3.00. The lowest BCUT2D eigenvalue weighted by atomic mass is 10.2. The van der Waals surface area contributed by atoms with Crippen molar-refractivity contribution in [2.45, 2.75) is 25.4 Å². The van der Waals surface area contributed by atoms with Gasteiger partial charge in [-0.2, -0.15) is 0 Å². The van der Waals surface area contributed by atoms with Crippen LogP contribution in [0.25, 0.3) is 0 Å². The van der Waals surface area contributed by atoms with Crippen LogP contribution in [-0.2, 0) is 6.54 Å². The molecule has 0 aromatic carbocycles. The molecule has 0 radical (unpaired) electrons. The Kier molecular flexibility index (Phi) is 4.23. The van der Waals surface area contributed by atoms with Gasteiger partial charge in [0.1, 0.15) is 0 Å². The van der Waals surface area contributed by atoms with Crippen molar-refractivity contribution in [3.05, 3.63) is 44.7 Å². The third-order valence-corrected chi connectivity index (χ3v) is 4.67. The molecule has 21 heavy (non-hydrogen) atoms. The van der Waals surface area contributed by atoms with Crippen molar-refractivity contribution in [3.63, 3.8) is 0 Å². The Hall–Kier alpha value is -1.44. The second-order valence-electron chi connectivity index (χ2n) is 4.94. The maximum absolute atomic E-state index is 12.9. The molecule has 3 rings (SSSR count). The lowest BCUT2D eigenvalue weighted by molar-refractivity contribution is 0.0732. The number of halogens is 1. The summed E-state index contributed by atoms with van der Waals surface area (Å²) in [5.41, 5.74) is 3.00. The van der Waals surface area contributed by atoms with Gasteiger partial charge in [-0.05, 0) is 46.3 Å². The third kappa shape index (κ3) is 3.25. The summed E-state index contributed by atoms with van der Waals surface area (Å²) in [6.45, 7) is 0.637. The van der Waals surface area contributed by atoms with Crippen LogP contribution in [0, 0.1) is 0 Å². The monoisotopic (exact) mass is 366 g/mol. The molecule has 2 heterocycles. The highest BCUT2D eigenvalue weighted by molar-refractivity contribution is 9.10. The molecule has 1 aliphatic rings. The zero-order valence-corrected chi connectivity index (χ0v) is 13.7. The number of hydrogen-bond acceptors (Lipinski definition) is 5. The van der Waals surface area contributed by atoms with Crippen LogP contribution in [0.5, 0.6) is 0 Å². The summed E-state index contributed by atoms with van der Waals surface area (Å²) in [6, 6.07) is 6.13. The van der Waals surface area contributed by atoms with Crippen molar-refractivity contribution in [2.75, 3.05) is 5.43 Å². The van der Waals surface area contributed by atoms with Gasteiger partial charge in [0.15, 0.2) is 5.82 Å². The van der Waals surface area contributed by atoms with Gasteiger partial charge in [-0.1, -0.05) is 6.07 Å². The van der Waals surface area contributed by atoms with Gasteiger partial charge < -0.3 is 10.3 Å². The van der Waals surface area contributed by atoms with E-state index >= 15 is 0 Å². The standard InChI is InChI=1S/C14H15BrN4OS/c15-9-6-12(13(18-16)17-7-9)14(20)19(10-3-4-10)8-11-2-1-5-21-11/h1-2,5-7,10H,3-4,8,16H2,(H,17,18). The smallest absolute Gasteiger partial charge is 0.258 e. The highest BCUT2D eigenvalue weighted by atomic mass is 79.9. The van der Waals surface area contributed by atoms with E-state index in [1.165, 1.54) is 4.88 Å². The first-order valence-electron chi connectivity index (χ1n) is 6.64. The van der Waals surface area contributed by atoms with Crippen molar-refractivity contribution in [3.8, 4) is 0 Å². The first-order valence-corrected chi connectivity index (χ1v) is 8.32. The van der Waals surface area contributed by atoms with E-state index in [4.69, 9.17) is 5.84 Å². The molecule has 1 fully saturated rings. The fourth-order valence-electron chi connectivity index (χ4n) is 2.20. The Morgan fingerprint density at radius 1 is 1.57 bits per heavy atom. The van der Waals surface area contributed by atoms with Gasteiger partial charge in [0.25, 0.3) is 5.91 Å². The number of nitrogen functional groups attached to an aromatic ring is 1. The van der Waals surface area contributed by atoms with Gasteiger partial charge in [-0.15, -0.1) is 11.3 Å². The number of hydrazine groups is 1. The lowest BCUT2D eigenvalue weighted by Crippen LogP contribution is -2.33. The maximum Gasteiger partial charge on any atom is 0.258 e. The molecule has 1 saturated carbocycles. The molecule has 1 amide bonds. The summed E-state index contributed by atoms with van der Waals surface area (Å²) in [5.74, 6) is 5.84. The molecular weight excluding hydrogens is 352 g/mol. The van der Waals surface area contributed by atoms with Gasteiger partial charge in [-0.3, -0.25) is 4.79 Å². The van der Waals surface area contributed by atoms with Gasteiger partial charge in [0.2, 0.25) is 0 Å². The number of nitrogens with two attached hydrogens (primary N) is 1. The van der Waals surface area contributed by atoms with Gasteiger partial charge in [-0.25, -0.2) is 10.8 Å². The largest absolute Gasteiger partial charge is 0.330 e. The molecule has 0 atom stereocenters. The Labute approximate surface area is 135 Å². The Morgan fingerprint density at radius 2 is 2.38 bits per heavy atom. The number of hydrogen-bond donors (Lipinski definition) is 2. The highest BCUT2D eigenvalue weighted by Crippen LogP contribution is 2.32. The molecule has 0 aliphatic heterocycles. The summed E-state index contributed by atoms with van der Waals surface area (Å²) in [6.07, 6.45) is 3.74. The van der Waals surface area contributed by atoms with E-state index < -0.39 is 0 Å². The number of nitrogens with one attached hydrogen (secondary N) is 1. The van der Waals surface area contributed by atoms with Crippen molar-refractivity contribution < 1.29 is 4.79 Å². The number of aromatic nitrogens is 1. The summed E-state index contributed by atoms with van der Waals surface area (Å²) >= 11 is 5.02. The van der Waals surface area contributed by atoms with Crippen LogP contribution in [0.4, 0.5) is 5.82 Å². The number of carbonyl (C=O) groups is 1. The zero-order chi connectivity index (χ0) is 14.8. The van der Waals surface area contributed by atoms with E-state index in [1.54, 1.807) is 23.6 Å². The molecular formula is C14H15BrN4OS. The fraction of sp³-hybridized carbons (Fsp3) is 0.286. The van der Waals surface area contributed by atoms with E-state index in [1.807, 2.05) is 16.3 Å². The van der Waals surface area contributed by atoms with E-state index in [-0.39, 0.29) is 5.91 Å². The van der Waals surface area contributed by atoms with Crippen LogP contribution in [0.3, 0.4) is 0 Å². The zero-order valence-electron chi connectivity index (χ0n) is 11.3. The van der Waals surface area contributed by atoms with E-state index in [2.05, 4.69) is 32.4 Å². The maximum atomic E-state index is 12.9. The van der Waals surface area contributed by atoms with Crippen LogP contribution >= 0.6 is 27.3 Å². The van der Waals surface area contributed by atoms with Gasteiger partial charge in [0, 0.05) is 21.6 Å². The molecule has 0 bridgehead atoms. The summed E-state index contributed by atoms with van der Waals surface area (Å²) in [5, 5.41) is 2.03. The van der Waals surface area contributed by atoms with Gasteiger partial charge >= 0.3 is 0 Å². The van der Waals surface area contributed by atoms with Crippen molar-refractivity contribution >= 4 is 39.0 Å². The minimum Gasteiger partial charge on any atom is -0.330 e. The quantitative estimate of drug-likeness (QED) is 0.630. The number of anilines is 1. The number of pyridine rings is 1. The molecule has 2 aromatic rings. The molecule has 110 valence electrons. The third-order valence-electron chi connectivity index (χ3n) is 3.38. The SMILES string of the molecule is NNc1ncc(Br)cc1C(=O)N(Cc1cccs1)C1CC1. The topological polar surface area (TPSA) is 71.2 Å². The van der Waals surface area contributed by atoms with E-state index in [0.717, 1.165) is 17.3 Å². The first-order chi connectivity index (χ1) is 10.2. The van der Waals surface area contributed by atoms with E-state index in [9.17, 15) is 4.79 Å². The predicted molar refractivity (Wildman–Crippen MR) is 87.0 cm³/mol. The summed E-state index contributed by atoms with van der Waals surface area (Å²) in [4.78, 5) is 20.1. The summed E-state index contributed by atoms with van der Waals surface area (Å²) in [7, 11) is 0. The van der Waals surface area contributed by atoms with Crippen LogP contribution < -0.4 is 11.3 Å². The second kappa shape index (κ2) is 6.13. The van der Waals surface area contributed by atoms with Crippen molar-refractivity contribution in [1.82, 2.24) is 9.88 Å². The fourth-order valence-corrected chi connectivity index (χ4v) is 3.23. The number of amides is 1. The Morgan fingerprint density at radius 3 is 3.00 bits per heavy atom. The molecule has 0 spiro atoms. The number of nitrogens with zero attached hydrogens (tertiary/aromatic N) is 2. The van der Waals surface area contributed by atoms with E-state index in [0.29, 0.717) is 24.0 Å². The minimum absolute atomic E-state index is 0.0346. The molecule has 1 aliphatic carbocycles. The number of rotatable bonds is 5. The average molecular weight is 367 g/mol. The first kappa shape index (κ1) is 14.5. The molecule has 5 nitrogen and oxygen atoms in total. The second-order valence-corrected chi connectivity index (χ2v) is 6.89. The van der Waals surface area contributed by atoms with Crippen LogP contribution in [0.2, 0.25) is 0 Å². The molecule has 0 saturated heterocycles. The van der Waals surface area contributed by atoms with Crippen LogP contribution in [-0.4, -0.2) is 21.8 Å². The van der Waals surface area contributed by atoms with Gasteiger partial charge in [0.05, 0.1) is 12.1 Å². The number of carbonyl (C=O) groups excluding carboxylic acids is 1. The highest BCUT2D eigenvalue weighted by Gasteiger charge is 2.34. The molecule has 0 unspecified atom stereocenters. The molecule has 7 heteroatoms. The Balaban J connectivity index is 1.89. The lowest BCUT2D eigenvalue weighted by Gasteiger charge is -2.22. The average Bonchev–Trinajstić information content (AvgIpc) is 3.20. The Bertz CT molecular complexity index is 642. The van der Waals surface area contributed by atoms with Crippen molar-refractivity contribution in [2.24, 2.45) is 5.84 Å². The van der Waals surface area contributed by atoms with Crippen molar-refractivity contribution in [1.29, 1.82) is 0 Å². The van der Waals surface area contributed by atoms with Crippen LogP contribution in [0.15, 0.2) is 34.2 Å². The number of thiophene rings is 1. The normalized spacial score (nSPS) is 14.0.